The Kier molecular flexibility index (Phi) is 96.4. The number of rotatable bonds is 64. The molecular weight excluding hydrogens is 1610 g/mol. The smallest absolute Gasteiger partial charge is 0.356 e. The standard InChI is InChI=1S/C13H25NO.C13H27NO.4C12H25NO.C11H20F3NO.2C11H23NO/c1-4-6-7-8-9-13(10-11-13)12(15)14(3)5-2;1-6-8-9-10-11-13(3,4)12(15)14(5)7-2;1-5-7-8-9-10-12(3,4)11(14)13-6-2;2*1-5-7-8-9-10-11(3)12(14)13(4)6-2;1-4-7-8-9-10-11-12(14)13(5-2)6-3;1-3-5-6-7-8-9-10(16)15(4-2)11(12,13)14;2*1-4-6-7-8-9-10-11(13)12(3)5-2/h4-11H2,1-3H3;6-11H2,1-5H3;5-10H2,1-4H3,(H,13,14);2*11H,5-10H2,1-4H3;4-11H2,1-3H3;3-9H2,1-2H3;2*4-10H2,1-3H3/t;;;2*11-;;;;/m...10..../s1/i;;;;;;;3D3;. The van der Waals surface area contributed by atoms with Crippen molar-refractivity contribution in [2.75, 3.05) is 108 Å². The highest BCUT2D eigenvalue weighted by molar-refractivity contribution is 5.85. The minimum Gasteiger partial charge on any atom is -0.356 e. The molecule has 21 heteroatoms. The van der Waals surface area contributed by atoms with Gasteiger partial charge in [0.2, 0.25) is 53.2 Å². The van der Waals surface area contributed by atoms with Gasteiger partial charge in [0.15, 0.2) is 0 Å². The number of amides is 9. The molecule has 0 aromatic heterocycles. The summed E-state index contributed by atoms with van der Waals surface area (Å²) in [7, 11) is 9.44. The lowest BCUT2D eigenvalue weighted by Crippen LogP contribution is -2.42. The van der Waals surface area contributed by atoms with E-state index in [-0.39, 0.29) is 70.2 Å². The zero-order chi connectivity index (χ0) is 102. The van der Waals surface area contributed by atoms with Gasteiger partial charge in [-0.2, -0.15) is 0 Å². The molecule has 128 heavy (non-hydrogen) atoms. The van der Waals surface area contributed by atoms with E-state index in [2.05, 4.69) is 81.5 Å². The monoisotopic (exact) mass is 1830 g/mol. The van der Waals surface area contributed by atoms with Crippen LogP contribution < -0.4 is 5.32 Å². The van der Waals surface area contributed by atoms with Gasteiger partial charge in [-0.15, -0.1) is 13.2 Å². The first kappa shape index (κ1) is 132. The molecule has 0 aromatic carbocycles. The SMILES string of the molecule is CCCCCCC(C)(C)C(=O)N(C)CC.CCCCCCC(C)(C)C(=O)NCC.CCCCCCC1(C(=O)N(C)CC)CC1.CCCCCCCC(=O)N(C)CC.CCCCCCCC(=O)N(CC)C(F)(F)F.CCCCCCCC(=O)N(CC)CC.CCCCCC[C@@H](C)C(=O)N(C)CC.CCCCCC[C@H](C)C(=O)N(C)CC.[2H]C([2H])([2H])N(CC)C(=O)CCCCCCC. The molecule has 1 saturated carbocycles. The Morgan fingerprint density at radius 1 is 0.328 bits per heavy atom. The lowest BCUT2D eigenvalue weighted by atomic mass is 9.85. The number of carbonyl (C=O) groups excluding carboxylic acids is 9. The Hall–Kier alpha value is -4.98. The highest BCUT2D eigenvalue weighted by atomic mass is 19.4. The number of alkyl halides is 3. The topological polar surface area (TPSA) is 192 Å². The second-order valence-corrected chi connectivity index (χ2v) is 37.1. The van der Waals surface area contributed by atoms with Crippen molar-refractivity contribution in [2.24, 2.45) is 28.1 Å². The quantitative estimate of drug-likeness (QED) is 0.0456. The molecule has 0 aromatic rings. The number of nitrogens with one attached hydrogen (secondary N) is 1. The van der Waals surface area contributed by atoms with Crippen LogP contribution in [0.15, 0.2) is 0 Å². The van der Waals surface area contributed by atoms with Crippen molar-refractivity contribution in [1.82, 2.24) is 44.5 Å². The maximum absolute atomic E-state index is 12.3. The molecule has 0 radical (unpaired) electrons. The molecular formula is C107H218F3N9O9. The molecule has 0 aliphatic heterocycles. The van der Waals surface area contributed by atoms with Gasteiger partial charge in [0, 0.05) is 166 Å². The summed E-state index contributed by atoms with van der Waals surface area (Å²) in [5.74, 6) is 1.41. The van der Waals surface area contributed by atoms with E-state index < -0.39 is 19.2 Å². The van der Waals surface area contributed by atoms with Crippen LogP contribution in [0.5, 0.6) is 0 Å². The number of hydrogen-bond donors (Lipinski definition) is 1. The van der Waals surface area contributed by atoms with Crippen molar-refractivity contribution in [1.29, 1.82) is 0 Å². The third-order valence-electron chi connectivity index (χ3n) is 24.4. The van der Waals surface area contributed by atoms with E-state index >= 15 is 0 Å². The summed E-state index contributed by atoms with van der Waals surface area (Å²) < 4.78 is 58.5. The summed E-state index contributed by atoms with van der Waals surface area (Å²) in [6.07, 6.45) is 51.9. The predicted octanol–water partition coefficient (Wildman–Crippen LogP) is 28.5. The Bertz CT molecular complexity index is 2570. The molecule has 0 spiro atoms. The highest BCUT2D eigenvalue weighted by Gasteiger charge is 2.50. The van der Waals surface area contributed by atoms with Crippen LogP contribution in [0.25, 0.3) is 0 Å². The van der Waals surface area contributed by atoms with Crippen LogP contribution in [0.2, 0.25) is 0 Å². The summed E-state index contributed by atoms with van der Waals surface area (Å²) >= 11 is 0. The van der Waals surface area contributed by atoms with Crippen LogP contribution in [-0.2, 0) is 43.2 Å². The Morgan fingerprint density at radius 3 is 0.906 bits per heavy atom. The van der Waals surface area contributed by atoms with Gasteiger partial charge in [-0.1, -0.05) is 335 Å². The average Bonchev–Trinajstić information content (AvgIpc) is 1.63. The zero-order valence-electron chi connectivity index (χ0n) is 93.2. The number of carbonyl (C=O) groups is 9. The van der Waals surface area contributed by atoms with E-state index in [4.69, 9.17) is 4.11 Å². The van der Waals surface area contributed by atoms with Gasteiger partial charge in [0.05, 0.1) is 0 Å². The van der Waals surface area contributed by atoms with E-state index in [1.807, 2.05) is 143 Å². The summed E-state index contributed by atoms with van der Waals surface area (Å²) in [6.45, 7) is 55.3. The van der Waals surface area contributed by atoms with Crippen molar-refractivity contribution in [3.63, 3.8) is 0 Å². The average molecular weight is 1830 g/mol. The van der Waals surface area contributed by atoms with Gasteiger partial charge in [0.1, 0.15) is 0 Å². The lowest BCUT2D eigenvalue weighted by molar-refractivity contribution is -0.239. The second kappa shape index (κ2) is 93.8. The van der Waals surface area contributed by atoms with E-state index in [9.17, 15) is 56.3 Å². The van der Waals surface area contributed by atoms with Crippen molar-refractivity contribution >= 4 is 53.2 Å². The van der Waals surface area contributed by atoms with E-state index in [0.29, 0.717) is 42.4 Å². The van der Waals surface area contributed by atoms with Crippen molar-refractivity contribution in [2.45, 2.75) is 507 Å². The summed E-state index contributed by atoms with van der Waals surface area (Å²) in [4.78, 5) is 117. The first-order valence-electron chi connectivity index (χ1n) is 54.2. The molecule has 1 fully saturated rings. The van der Waals surface area contributed by atoms with Crippen LogP contribution >= 0.6 is 0 Å². The fourth-order valence-electron chi connectivity index (χ4n) is 14.1. The third kappa shape index (κ3) is 81.8. The number of halogens is 3. The molecule has 18 nitrogen and oxygen atoms in total. The predicted molar refractivity (Wildman–Crippen MR) is 545 cm³/mol. The molecule has 766 valence electrons. The first-order chi connectivity index (χ1) is 61.7. The molecule has 1 N–H and O–H groups in total. The molecule has 9 amide bonds. The fourth-order valence-corrected chi connectivity index (χ4v) is 14.1. The number of hydrogen-bond acceptors (Lipinski definition) is 9. The first-order valence-corrected chi connectivity index (χ1v) is 52.7. The minimum atomic E-state index is -4.53. The zero-order valence-corrected chi connectivity index (χ0v) is 90.2. The van der Waals surface area contributed by atoms with Crippen LogP contribution in [0.1, 0.15) is 505 Å². The molecule has 1 aliphatic rings. The maximum Gasteiger partial charge on any atom is 0.487 e. The van der Waals surface area contributed by atoms with E-state index in [1.54, 1.807) is 11.8 Å². The Balaban J connectivity index is -0.000000217. The van der Waals surface area contributed by atoms with Crippen LogP contribution in [0, 0.1) is 28.1 Å². The van der Waals surface area contributed by atoms with Crippen LogP contribution in [-0.4, -0.2) is 206 Å². The van der Waals surface area contributed by atoms with Crippen molar-refractivity contribution in [3.05, 3.63) is 0 Å². The lowest BCUT2D eigenvalue weighted by Gasteiger charge is -2.28. The number of unbranched alkanes of at least 4 members (excludes halogenated alkanes) is 31. The molecule has 2 atom stereocenters. The molecule has 0 unspecified atom stereocenters. The largest absolute Gasteiger partial charge is 0.487 e. The molecule has 1 rings (SSSR count). The van der Waals surface area contributed by atoms with Gasteiger partial charge < -0.3 is 39.6 Å². The Morgan fingerprint density at radius 2 is 0.617 bits per heavy atom. The molecule has 0 saturated heterocycles. The van der Waals surface area contributed by atoms with Crippen LogP contribution in [0.3, 0.4) is 0 Å². The number of nitrogens with zero attached hydrogens (tertiary/aromatic N) is 8. The van der Waals surface area contributed by atoms with Gasteiger partial charge in [-0.05, 0) is 140 Å². The summed E-state index contributed by atoms with van der Waals surface area (Å²) in [5, 5.41) is 2.89. The van der Waals surface area contributed by atoms with Crippen molar-refractivity contribution < 1.29 is 60.4 Å². The van der Waals surface area contributed by atoms with Crippen LogP contribution in [0.4, 0.5) is 13.2 Å². The fraction of sp³-hybridized carbons (Fsp3) is 0.916. The van der Waals surface area contributed by atoms with Gasteiger partial charge in [-0.25, -0.2) is 0 Å². The van der Waals surface area contributed by atoms with Gasteiger partial charge in [-0.3, -0.25) is 48.1 Å². The Labute approximate surface area is 796 Å². The molecule has 0 bridgehead atoms. The summed E-state index contributed by atoms with van der Waals surface area (Å²) in [5.41, 5.74) is -0.305. The van der Waals surface area contributed by atoms with E-state index in [1.165, 1.54) is 193 Å². The highest BCUT2D eigenvalue weighted by Crippen LogP contribution is 2.51. The van der Waals surface area contributed by atoms with Gasteiger partial charge >= 0.3 is 6.30 Å². The third-order valence-corrected chi connectivity index (χ3v) is 24.4. The molecule has 0 heterocycles. The van der Waals surface area contributed by atoms with Gasteiger partial charge in [0.25, 0.3) is 0 Å². The second-order valence-electron chi connectivity index (χ2n) is 37.1. The summed E-state index contributed by atoms with van der Waals surface area (Å²) in [6, 6.07) is 0. The molecule has 1 aliphatic carbocycles. The minimum absolute atomic E-state index is 0.00291. The maximum atomic E-state index is 12.3. The van der Waals surface area contributed by atoms with E-state index in [0.717, 1.165) is 179 Å². The van der Waals surface area contributed by atoms with Crippen molar-refractivity contribution in [3.8, 4) is 0 Å². The normalized spacial score (nSPS) is 12.5.